The first kappa shape index (κ1) is 33.2. The molecule has 6 nitrogen and oxygen atoms in total. The zero-order valence-corrected chi connectivity index (χ0v) is 26.1. The topological polar surface area (TPSA) is 83.5 Å². The van der Waals surface area contributed by atoms with E-state index in [-0.39, 0.29) is 22.7 Å². The summed E-state index contributed by atoms with van der Waals surface area (Å²) in [4.78, 5) is 14.9. The first-order chi connectivity index (χ1) is 20.0. The molecule has 1 amide bonds. The molecule has 1 fully saturated rings. The van der Waals surface area contributed by atoms with Gasteiger partial charge in [-0.3, -0.25) is 9.78 Å². The van der Waals surface area contributed by atoms with E-state index in [0.717, 1.165) is 61.9 Å². The predicted octanol–water partition coefficient (Wildman–Crippen LogP) is 6.94. The summed E-state index contributed by atoms with van der Waals surface area (Å²) in [7, 11) is 1.00. The molecule has 2 heterocycles. The fourth-order valence-corrected chi connectivity index (χ4v) is 5.58. The average molecular weight is 578 g/mol. The lowest BCUT2D eigenvalue weighted by molar-refractivity contribution is -0.118. The third-order valence-electron chi connectivity index (χ3n) is 7.53. The molecule has 1 saturated carbocycles. The van der Waals surface area contributed by atoms with Crippen molar-refractivity contribution in [3.8, 4) is 16.9 Å². The summed E-state index contributed by atoms with van der Waals surface area (Å²) in [5.41, 5.74) is 5.83. The highest BCUT2D eigenvalue weighted by Gasteiger charge is 2.45. The van der Waals surface area contributed by atoms with E-state index in [4.69, 9.17) is 9.84 Å². The maximum Gasteiger partial charge on any atom is 0.216 e. The van der Waals surface area contributed by atoms with E-state index in [1.54, 1.807) is 19.3 Å². The highest BCUT2D eigenvalue weighted by molar-refractivity contribution is 5.72. The van der Waals surface area contributed by atoms with Crippen LogP contribution in [0.25, 0.3) is 11.1 Å². The van der Waals surface area contributed by atoms with Crippen LogP contribution in [0.1, 0.15) is 82.5 Å². The van der Waals surface area contributed by atoms with Crippen molar-refractivity contribution < 1.29 is 19.0 Å². The molecular weight excluding hydrogens is 529 g/mol. The second-order valence-electron chi connectivity index (χ2n) is 12.5. The maximum atomic E-state index is 13.1. The molecule has 0 radical (unpaired) electrons. The van der Waals surface area contributed by atoms with Crippen LogP contribution in [0.4, 0.5) is 4.39 Å². The SMILES string of the molecule is CC(=O)NCCCNC1CC2(CCC2)Oc2ccc(CC(C)(C)C)cc21.CO.Cc1cc(F)cc(-c2ccncc2)c1. The van der Waals surface area contributed by atoms with Crippen LogP contribution in [-0.2, 0) is 11.2 Å². The number of pyridine rings is 1. The van der Waals surface area contributed by atoms with Crippen LogP contribution < -0.4 is 15.4 Å². The largest absolute Gasteiger partial charge is 0.487 e. The smallest absolute Gasteiger partial charge is 0.216 e. The molecule has 0 saturated heterocycles. The molecule has 228 valence electrons. The fraction of sp³-hybridized carbons (Fsp3) is 0.486. The number of rotatable bonds is 7. The first-order valence-corrected chi connectivity index (χ1v) is 14.9. The Kier molecular flexibility index (Phi) is 12.1. The minimum atomic E-state index is -0.197. The Bertz CT molecular complexity index is 1270. The Labute approximate surface area is 251 Å². The van der Waals surface area contributed by atoms with Gasteiger partial charge in [0.25, 0.3) is 0 Å². The monoisotopic (exact) mass is 577 g/mol. The lowest BCUT2D eigenvalue weighted by Crippen LogP contribution is -2.49. The summed E-state index contributed by atoms with van der Waals surface area (Å²) < 4.78 is 19.5. The molecule has 1 unspecified atom stereocenters. The molecule has 5 rings (SSSR count). The third-order valence-corrected chi connectivity index (χ3v) is 7.53. The zero-order chi connectivity index (χ0) is 30.8. The molecule has 1 aliphatic carbocycles. The highest BCUT2D eigenvalue weighted by Crippen LogP contribution is 2.49. The molecular formula is C35H48FN3O3. The quantitative estimate of drug-likeness (QED) is 0.265. The number of amides is 1. The summed E-state index contributed by atoms with van der Waals surface area (Å²) in [5.74, 6) is 0.909. The Morgan fingerprint density at radius 2 is 1.76 bits per heavy atom. The summed E-state index contributed by atoms with van der Waals surface area (Å²) >= 11 is 0. The zero-order valence-electron chi connectivity index (χ0n) is 26.1. The number of hydrogen-bond donors (Lipinski definition) is 3. The number of carbonyl (C=O) groups is 1. The number of nitrogens with one attached hydrogen (secondary N) is 2. The van der Waals surface area contributed by atoms with E-state index in [1.807, 2.05) is 25.1 Å². The van der Waals surface area contributed by atoms with Crippen LogP contribution in [0.15, 0.2) is 60.9 Å². The summed E-state index contributed by atoms with van der Waals surface area (Å²) in [6, 6.07) is 15.8. The molecule has 1 aliphatic heterocycles. The molecule has 7 heteroatoms. The van der Waals surface area contributed by atoms with Gasteiger partial charge >= 0.3 is 0 Å². The second kappa shape index (κ2) is 15.3. The molecule has 2 aliphatic rings. The van der Waals surface area contributed by atoms with E-state index < -0.39 is 0 Å². The van der Waals surface area contributed by atoms with E-state index in [9.17, 15) is 9.18 Å². The summed E-state index contributed by atoms with van der Waals surface area (Å²) in [5, 5.41) is 13.6. The standard InChI is InChI=1S/C22H34N2O2.C12H10FN.CH4O/c1-16(25)23-11-6-12-24-19-15-22(9-5-10-22)26-20-8-7-17(13-18(19)20)14-21(2,3)4;1-9-6-11(8-12(13)7-9)10-2-4-14-5-3-10;1-2/h7-8,13,19,24H,5-6,9-12,14-15H2,1-4H3,(H,23,25);2-8H,1H3;2H,1H3. The Morgan fingerprint density at radius 1 is 1.05 bits per heavy atom. The van der Waals surface area contributed by atoms with Gasteiger partial charge in [-0.15, -0.1) is 0 Å². The van der Waals surface area contributed by atoms with Crippen LogP contribution in [0.5, 0.6) is 5.75 Å². The number of carbonyl (C=O) groups excluding carboxylic acids is 1. The van der Waals surface area contributed by atoms with Gasteiger partial charge in [-0.05, 0) is 104 Å². The number of aromatic nitrogens is 1. The van der Waals surface area contributed by atoms with E-state index in [2.05, 4.69) is 54.6 Å². The Morgan fingerprint density at radius 3 is 2.36 bits per heavy atom. The highest BCUT2D eigenvalue weighted by atomic mass is 19.1. The Hall–Kier alpha value is -3.29. The normalized spacial score (nSPS) is 16.4. The summed E-state index contributed by atoms with van der Waals surface area (Å²) in [6.07, 6.45) is 10.1. The predicted molar refractivity (Wildman–Crippen MR) is 168 cm³/mol. The maximum absolute atomic E-state index is 13.1. The van der Waals surface area contributed by atoms with Gasteiger partial charge in [-0.2, -0.15) is 0 Å². The molecule has 2 aromatic carbocycles. The van der Waals surface area contributed by atoms with Crippen molar-refractivity contribution in [3.05, 3.63) is 83.4 Å². The van der Waals surface area contributed by atoms with Gasteiger partial charge in [-0.1, -0.05) is 39.0 Å². The molecule has 3 aromatic rings. The van der Waals surface area contributed by atoms with Crippen LogP contribution in [0, 0.1) is 18.2 Å². The molecule has 42 heavy (non-hydrogen) atoms. The van der Waals surface area contributed by atoms with Crippen LogP contribution in [-0.4, -0.2) is 41.8 Å². The van der Waals surface area contributed by atoms with Crippen molar-refractivity contribution in [2.24, 2.45) is 5.41 Å². The number of aliphatic hydroxyl groups is 1. The number of fused-ring (bicyclic) bond motifs is 1. The number of aliphatic hydroxyl groups excluding tert-OH is 1. The summed E-state index contributed by atoms with van der Waals surface area (Å²) in [6.45, 7) is 11.9. The van der Waals surface area contributed by atoms with Gasteiger partial charge < -0.3 is 20.5 Å². The minimum Gasteiger partial charge on any atom is -0.487 e. The number of halogens is 1. The van der Waals surface area contributed by atoms with Gasteiger partial charge in [0.2, 0.25) is 5.91 Å². The number of hydrogen-bond acceptors (Lipinski definition) is 5. The van der Waals surface area contributed by atoms with Crippen molar-refractivity contribution in [1.29, 1.82) is 0 Å². The minimum absolute atomic E-state index is 0.0432. The van der Waals surface area contributed by atoms with Crippen LogP contribution >= 0.6 is 0 Å². The van der Waals surface area contributed by atoms with E-state index in [0.29, 0.717) is 6.04 Å². The number of benzene rings is 2. The van der Waals surface area contributed by atoms with Gasteiger partial charge in [-0.25, -0.2) is 4.39 Å². The fourth-order valence-electron chi connectivity index (χ4n) is 5.58. The van der Waals surface area contributed by atoms with Crippen molar-refractivity contribution in [2.75, 3.05) is 20.2 Å². The third kappa shape index (κ3) is 9.92. The van der Waals surface area contributed by atoms with E-state index >= 15 is 0 Å². The lowest BCUT2D eigenvalue weighted by Gasteiger charge is -2.48. The first-order valence-electron chi connectivity index (χ1n) is 14.9. The Balaban J connectivity index is 0.000000254. The van der Waals surface area contributed by atoms with Crippen molar-refractivity contribution in [2.45, 2.75) is 84.8 Å². The number of ether oxygens (including phenoxy) is 1. The molecule has 1 aromatic heterocycles. The van der Waals surface area contributed by atoms with Gasteiger partial charge in [0, 0.05) is 51.0 Å². The van der Waals surface area contributed by atoms with Gasteiger partial charge in [0.05, 0.1) is 0 Å². The molecule has 1 spiro atoms. The van der Waals surface area contributed by atoms with Gasteiger partial charge in [0.15, 0.2) is 0 Å². The van der Waals surface area contributed by atoms with E-state index in [1.165, 1.54) is 42.5 Å². The molecule has 0 bridgehead atoms. The lowest BCUT2D eigenvalue weighted by atomic mass is 9.72. The van der Waals surface area contributed by atoms with Crippen molar-refractivity contribution >= 4 is 5.91 Å². The van der Waals surface area contributed by atoms with Crippen molar-refractivity contribution in [3.63, 3.8) is 0 Å². The average Bonchev–Trinajstić information content (AvgIpc) is 2.92. The second-order valence-corrected chi connectivity index (χ2v) is 12.5. The molecule has 3 N–H and O–H groups in total. The van der Waals surface area contributed by atoms with Crippen molar-refractivity contribution in [1.82, 2.24) is 15.6 Å². The number of aryl methyl sites for hydroxylation is 1. The van der Waals surface area contributed by atoms with Crippen LogP contribution in [0.3, 0.4) is 0 Å². The van der Waals surface area contributed by atoms with Gasteiger partial charge in [0.1, 0.15) is 17.2 Å². The molecule has 1 atom stereocenters. The van der Waals surface area contributed by atoms with Crippen LogP contribution in [0.2, 0.25) is 0 Å². The number of nitrogens with zero attached hydrogens (tertiary/aromatic N) is 1.